The number of nitriles is 1. The standard InChI is InChI=1S/C14H17N5O/c1-9-3-14(18-10(2)13(9)5-15)19-12(7-20)4-11-6-16-8-17-11/h3,6,8,12,20H,4,7H2,1-2H3,(H,16,17)(H,18,19)/t12-/m0/s1. The first-order valence-electron chi connectivity index (χ1n) is 6.37. The lowest BCUT2D eigenvalue weighted by atomic mass is 10.1. The van der Waals surface area contributed by atoms with Crippen molar-refractivity contribution in [2.45, 2.75) is 26.3 Å². The first kappa shape index (κ1) is 14.0. The van der Waals surface area contributed by atoms with E-state index < -0.39 is 0 Å². The quantitative estimate of drug-likeness (QED) is 0.761. The van der Waals surface area contributed by atoms with Gasteiger partial charge in [-0.25, -0.2) is 9.97 Å². The highest BCUT2D eigenvalue weighted by Gasteiger charge is 2.12. The van der Waals surface area contributed by atoms with Crippen LogP contribution in [0.3, 0.4) is 0 Å². The molecule has 2 rings (SSSR count). The molecule has 0 aliphatic carbocycles. The molecule has 0 spiro atoms. The van der Waals surface area contributed by atoms with E-state index in [4.69, 9.17) is 5.26 Å². The van der Waals surface area contributed by atoms with E-state index in [1.807, 2.05) is 13.0 Å². The molecule has 2 aromatic rings. The van der Waals surface area contributed by atoms with Crippen LogP contribution in [0.2, 0.25) is 0 Å². The van der Waals surface area contributed by atoms with Crippen LogP contribution in [0.25, 0.3) is 0 Å². The largest absolute Gasteiger partial charge is 0.394 e. The fraction of sp³-hybridized carbons (Fsp3) is 0.357. The van der Waals surface area contributed by atoms with E-state index in [0.29, 0.717) is 23.5 Å². The minimum atomic E-state index is -0.158. The SMILES string of the molecule is Cc1cc(N[C@H](CO)Cc2cnc[nH]2)nc(C)c1C#N. The molecule has 0 aliphatic heterocycles. The Kier molecular flexibility index (Phi) is 4.33. The van der Waals surface area contributed by atoms with Gasteiger partial charge in [0.25, 0.3) is 0 Å². The van der Waals surface area contributed by atoms with E-state index >= 15 is 0 Å². The van der Waals surface area contributed by atoms with E-state index in [1.165, 1.54) is 0 Å². The molecule has 1 atom stereocenters. The summed E-state index contributed by atoms with van der Waals surface area (Å²) in [6.07, 6.45) is 3.96. The van der Waals surface area contributed by atoms with Gasteiger partial charge < -0.3 is 15.4 Å². The van der Waals surface area contributed by atoms with Crippen LogP contribution < -0.4 is 5.32 Å². The maximum Gasteiger partial charge on any atom is 0.126 e. The molecule has 0 unspecified atom stereocenters. The number of aryl methyl sites for hydroxylation is 2. The maximum absolute atomic E-state index is 9.45. The van der Waals surface area contributed by atoms with Crippen LogP contribution in [0.1, 0.15) is 22.5 Å². The zero-order valence-corrected chi connectivity index (χ0v) is 11.5. The molecule has 0 saturated carbocycles. The van der Waals surface area contributed by atoms with Gasteiger partial charge >= 0.3 is 0 Å². The Bertz CT molecular complexity index is 592. The fourth-order valence-corrected chi connectivity index (χ4v) is 2.11. The van der Waals surface area contributed by atoms with Crippen LogP contribution in [0.4, 0.5) is 5.82 Å². The molecule has 2 aromatic heterocycles. The van der Waals surface area contributed by atoms with Crippen molar-refractivity contribution in [2.75, 3.05) is 11.9 Å². The second kappa shape index (κ2) is 6.17. The zero-order chi connectivity index (χ0) is 14.5. The van der Waals surface area contributed by atoms with Gasteiger partial charge in [-0.1, -0.05) is 0 Å². The van der Waals surface area contributed by atoms with Crippen molar-refractivity contribution in [2.24, 2.45) is 0 Å². The topological polar surface area (TPSA) is 97.6 Å². The summed E-state index contributed by atoms with van der Waals surface area (Å²) >= 11 is 0. The molecule has 6 nitrogen and oxygen atoms in total. The molecule has 104 valence electrons. The van der Waals surface area contributed by atoms with Crippen LogP contribution in [0, 0.1) is 25.2 Å². The summed E-state index contributed by atoms with van der Waals surface area (Å²) in [4.78, 5) is 11.3. The van der Waals surface area contributed by atoms with Crippen molar-refractivity contribution in [3.8, 4) is 6.07 Å². The first-order valence-corrected chi connectivity index (χ1v) is 6.37. The fourth-order valence-electron chi connectivity index (χ4n) is 2.11. The Morgan fingerprint density at radius 3 is 2.85 bits per heavy atom. The number of hydrogen-bond acceptors (Lipinski definition) is 5. The Labute approximate surface area is 117 Å². The Morgan fingerprint density at radius 1 is 1.50 bits per heavy atom. The highest BCUT2D eigenvalue weighted by Crippen LogP contribution is 2.16. The third-order valence-corrected chi connectivity index (χ3v) is 3.10. The predicted octanol–water partition coefficient (Wildman–Crippen LogP) is 1.31. The van der Waals surface area contributed by atoms with Gasteiger partial charge in [0.2, 0.25) is 0 Å². The van der Waals surface area contributed by atoms with Crippen molar-refractivity contribution in [3.05, 3.63) is 41.1 Å². The maximum atomic E-state index is 9.45. The summed E-state index contributed by atoms with van der Waals surface area (Å²) in [5, 5.41) is 21.7. The number of imidazole rings is 1. The van der Waals surface area contributed by atoms with Gasteiger partial charge in [0.05, 0.1) is 30.2 Å². The molecule has 0 aliphatic rings. The van der Waals surface area contributed by atoms with Gasteiger partial charge in [-0.3, -0.25) is 0 Å². The monoisotopic (exact) mass is 271 g/mol. The number of aromatic nitrogens is 3. The molecule has 0 radical (unpaired) electrons. The van der Waals surface area contributed by atoms with Gasteiger partial charge in [-0.05, 0) is 25.5 Å². The second-order valence-corrected chi connectivity index (χ2v) is 4.70. The normalized spacial score (nSPS) is 11.9. The molecule has 0 saturated heterocycles. The number of nitrogens with zero attached hydrogens (tertiary/aromatic N) is 3. The van der Waals surface area contributed by atoms with Crippen molar-refractivity contribution in [3.63, 3.8) is 0 Å². The molecule has 0 amide bonds. The number of rotatable bonds is 5. The molecule has 0 fully saturated rings. The zero-order valence-electron chi connectivity index (χ0n) is 11.5. The van der Waals surface area contributed by atoms with E-state index in [2.05, 4.69) is 26.3 Å². The van der Waals surface area contributed by atoms with Gasteiger partial charge in [0.15, 0.2) is 0 Å². The van der Waals surface area contributed by atoms with Crippen molar-refractivity contribution in [1.82, 2.24) is 15.0 Å². The predicted molar refractivity (Wildman–Crippen MR) is 75.2 cm³/mol. The van der Waals surface area contributed by atoms with Gasteiger partial charge in [0, 0.05) is 18.3 Å². The molecule has 20 heavy (non-hydrogen) atoms. The molecule has 3 N–H and O–H groups in total. The van der Waals surface area contributed by atoms with E-state index in [1.54, 1.807) is 19.4 Å². The molecule has 0 bridgehead atoms. The number of aliphatic hydroxyl groups is 1. The Hall–Kier alpha value is -2.39. The number of hydrogen-bond donors (Lipinski definition) is 3. The van der Waals surface area contributed by atoms with E-state index in [0.717, 1.165) is 11.3 Å². The number of aliphatic hydroxyl groups excluding tert-OH is 1. The second-order valence-electron chi connectivity index (χ2n) is 4.70. The summed E-state index contributed by atoms with van der Waals surface area (Å²) < 4.78 is 0. The van der Waals surface area contributed by atoms with Crippen LogP contribution >= 0.6 is 0 Å². The molecule has 0 aromatic carbocycles. The smallest absolute Gasteiger partial charge is 0.126 e. The van der Waals surface area contributed by atoms with E-state index in [9.17, 15) is 5.11 Å². The van der Waals surface area contributed by atoms with Crippen LogP contribution in [0.5, 0.6) is 0 Å². The average Bonchev–Trinajstić information content (AvgIpc) is 2.90. The van der Waals surface area contributed by atoms with Crippen molar-refractivity contribution < 1.29 is 5.11 Å². The number of H-pyrrole nitrogens is 1. The summed E-state index contributed by atoms with van der Waals surface area (Å²) in [7, 11) is 0. The average molecular weight is 271 g/mol. The highest BCUT2D eigenvalue weighted by atomic mass is 16.3. The number of pyridine rings is 1. The van der Waals surface area contributed by atoms with Gasteiger partial charge in [-0.2, -0.15) is 5.26 Å². The minimum Gasteiger partial charge on any atom is -0.394 e. The number of nitrogens with one attached hydrogen (secondary N) is 2. The highest BCUT2D eigenvalue weighted by molar-refractivity contribution is 5.49. The van der Waals surface area contributed by atoms with E-state index in [-0.39, 0.29) is 12.6 Å². The third-order valence-electron chi connectivity index (χ3n) is 3.10. The Morgan fingerprint density at radius 2 is 2.30 bits per heavy atom. The summed E-state index contributed by atoms with van der Waals surface area (Å²) in [6, 6.07) is 3.80. The number of anilines is 1. The van der Waals surface area contributed by atoms with Gasteiger partial charge in [0.1, 0.15) is 11.9 Å². The Balaban J connectivity index is 2.14. The lowest BCUT2D eigenvalue weighted by Crippen LogP contribution is -2.27. The summed E-state index contributed by atoms with van der Waals surface area (Å²) in [5.74, 6) is 0.664. The minimum absolute atomic E-state index is 0.0151. The first-order chi connectivity index (χ1) is 9.63. The summed E-state index contributed by atoms with van der Waals surface area (Å²) in [5.41, 5.74) is 3.11. The van der Waals surface area contributed by atoms with Crippen LogP contribution in [-0.4, -0.2) is 32.7 Å². The van der Waals surface area contributed by atoms with Crippen molar-refractivity contribution >= 4 is 5.82 Å². The van der Waals surface area contributed by atoms with Crippen LogP contribution in [0.15, 0.2) is 18.6 Å². The van der Waals surface area contributed by atoms with Crippen LogP contribution in [-0.2, 0) is 6.42 Å². The molecular weight excluding hydrogens is 254 g/mol. The molecule has 6 heteroatoms. The lowest BCUT2D eigenvalue weighted by molar-refractivity contribution is 0.273. The van der Waals surface area contributed by atoms with Gasteiger partial charge in [-0.15, -0.1) is 0 Å². The third kappa shape index (κ3) is 3.13. The summed E-state index contributed by atoms with van der Waals surface area (Å²) in [6.45, 7) is 3.67. The molecular formula is C14H17N5O. The van der Waals surface area contributed by atoms with Crippen molar-refractivity contribution in [1.29, 1.82) is 5.26 Å². The lowest BCUT2D eigenvalue weighted by Gasteiger charge is -2.17. The molecule has 2 heterocycles. The number of aromatic amines is 1.